The van der Waals surface area contributed by atoms with Gasteiger partial charge < -0.3 is 30.3 Å². The first-order chi connectivity index (χ1) is 18.4. The number of aliphatic carboxylic acids is 1. The first kappa shape index (κ1) is 31.1. The number of methoxy groups -OCH3 is 1. The van der Waals surface area contributed by atoms with Crippen LogP contribution in [0.25, 0.3) is 0 Å². The summed E-state index contributed by atoms with van der Waals surface area (Å²) in [6, 6.07) is 14.4. The molecule has 1 aliphatic rings. The van der Waals surface area contributed by atoms with Crippen molar-refractivity contribution in [3.63, 3.8) is 0 Å². The molecule has 0 unspecified atom stereocenters. The Labute approximate surface area is 223 Å². The summed E-state index contributed by atoms with van der Waals surface area (Å²) in [6.07, 6.45) is -4.83. The number of alkyl halides is 3. The van der Waals surface area contributed by atoms with E-state index in [1.54, 1.807) is 36.3 Å². The van der Waals surface area contributed by atoms with Crippen LogP contribution in [0, 0.1) is 0 Å². The van der Waals surface area contributed by atoms with E-state index in [0.29, 0.717) is 43.2 Å². The van der Waals surface area contributed by atoms with E-state index in [9.17, 15) is 27.6 Å². The maximum atomic E-state index is 13.4. The number of nitrogens with one attached hydrogen (secondary N) is 2. The molecule has 0 bridgehead atoms. The molecule has 1 saturated heterocycles. The lowest BCUT2D eigenvalue weighted by molar-refractivity contribution is -0.192. The summed E-state index contributed by atoms with van der Waals surface area (Å²) in [4.78, 5) is 49.9. The van der Waals surface area contributed by atoms with Crippen LogP contribution in [0.15, 0.2) is 48.5 Å². The fourth-order valence-corrected chi connectivity index (χ4v) is 3.66. The van der Waals surface area contributed by atoms with Crippen LogP contribution in [0.5, 0.6) is 5.75 Å². The Bertz CT molecular complexity index is 1150. The molecule has 212 valence electrons. The Morgan fingerprint density at radius 1 is 1.08 bits per heavy atom. The number of ether oxygens (including phenoxy) is 1. The van der Waals surface area contributed by atoms with Gasteiger partial charge in [-0.25, -0.2) is 4.79 Å². The van der Waals surface area contributed by atoms with Crippen LogP contribution in [-0.2, 0) is 20.9 Å². The number of benzene rings is 2. The third-order valence-corrected chi connectivity index (χ3v) is 5.53. The van der Waals surface area contributed by atoms with Crippen molar-refractivity contribution in [2.45, 2.75) is 26.1 Å². The number of halogens is 3. The third kappa shape index (κ3) is 10.6. The van der Waals surface area contributed by atoms with Crippen molar-refractivity contribution >= 4 is 29.4 Å². The molecule has 39 heavy (non-hydrogen) atoms. The van der Waals surface area contributed by atoms with Crippen LogP contribution in [0.3, 0.4) is 0 Å². The number of carbonyl (C=O) groups is 4. The summed E-state index contributed by atoms with van der Waals surface area (Å²) in [6.45, 7) is 4.99. The van der Waals surface area contributed by atoms with Gasteiger partial charge in [-0.1, -0.05) is 18.2 Å². The predicted molar refractivity (Wildman–Crippen MR) is 136 cm³/mol. The van der Waals surface area contributed by atoms with Crippen molar-refractivity contribution in [3.8, 4) is 5.75 Å². The average Bonchev–Trinajstić information content (AvgIpc) is 2.90. The molecule has 10 nitrogen and oxygen atoms in total. The van der Waals surface area contributed by atoms with Gasteiger partial charge in [-0.3, -0.25) is 14.4 Å². The van der Waals surface area contributed by atoms with E-state index < -0.39 is 12.1 Å². The highest BCUT2D eigenvalue weighted by Gasteiger charge is 2.38. The van der Waals surface area contributed by atoms with E-state index in [1.807, 2.05) is 29.2 Å². The summed E-state index contributed by atoms with van der Waals surface area (Å²) in [5.74, 6) is -2.41. The zero-order valence-electron chi connectivity index (χ0n) is 21.6. The first-order valence-corrected chi connectivity index (χ1v) is 12.0. The Hall–Kier alpha value is -4.13. The lowest BCUT2D eigenvalue weighted by atomic mass is 10.1. The average molecular weight is 553 g/mol. The van der Waals surface area contributed by atoms with Crippen molar-refractivity contribution in [2.75, 3.05) is 45.2 Å². The van der Waals surface area contributed by atoms with Gasteiger partial charge >= 0.3 is 12.1 Å². The highest BCUT2D eigenvalue weighted by atomic mass is 19.4. The number of anilines is 1. The number of rotatable bonds is 8. The van der Waals surface area contributed by atoms with Crippen LogP contribution in [0.1, 0.15) is 29.3 Å². The van der Waals surface area contributed by atoms with Gasteiger partial charge in [0.25, 0.3) is 5.91 Å². The smallest absolute Gasteiger partial charge is 0.490 e. The van der Waals surface area contributed by atoms with E-state index in [4.69, 9.17) is 14.6 Å². The lowest BCUT2D eigenvalue weighted by Gasteiger charge is -2.29. The second-order valence-electron chi connectivity index (χ2n) is 8.52. The fourth-order valence-electron chi connectivity index (χ4n) is 3.66. The number of carboxylic acid groups (broad SMARTS) is 1. The second kappa shape index (κ2) is 14.7. The Morgan fingerprint density at radius 2 is 1.72 bits per heavy atom. The minimum absolute atomic E-state index is 0.0435. The quantitative estimate of drug-likeness (QED) is 0.460. The van der Waals surface area contributed by atoms with E-state index in [2.05, 4.69) is 10.6 Å². The third-order valence-electron chi connectivity index (χ3n) is 5.53. The van der Waals surface area contributed by atoms with Crippen molar-refractivity contribution in [1.82, 2.24) is 15.1 Å². The first-order valence-electron chi connectivity index (χ1n) is 12.0. The summed E-state index contributed by atoms with van der Waals surface area (Å²) in [7, 11) is 1.60. The number of hydrogen-bond donors (Lipinski definition) is 3. The topological polar surface area (TPSA) is 128 Å². The Kier molecular flexibility index (Phi) is 11.7. The van der Waals surface area contributed by atoms with Crippen LogP contribution in [-0.4, -0.2) is 84.6 Å². The zero-order chi connectivity index (χ0) is 29.0. The number of hydrogen-bond acceptors (Lipinski definition) is 6. The van der Waals surface area contributed by atoms with Gasteiger partial charge in [-0.05, 0) is 35.9 Å². The molecule has 0 saturated carbocycles. The summed E-state index contributed by atoms with van der Waals surface area (Å²) >= 11 is 0. The maximum Gasteiger partial charge on any atom is 0.490 e. The predicted octanol–water partition coefficient (Wildman–Crippen LogP) is 2.75. The number of nitrogens with zero attached hydrogens (tertiary/aromatic N) is 2. The van der Waals surface area contributed by atoms with Gasteiger partial charge in [0.05, 0.1) is 7.11 Å². The van der Waals surface area contributed by atoms with E-state index >= 15 is 0 Å². The monoisotopic (exact) mass is 552 g/mol. The summed E-state index contributed by atoms with van der Waals surface area (Å²) in [5, 5.41) is 13.1. The molecule has 2 aromatic carbocycles. The molecule has 0 radical (unpaired) electrons. The molecule has 3 rings (SSSR count). The zero-order valence-corrected chi connectivity index (χ0v) is 21.6. The molecular weight excluding hydrogens is 521 g/mol. The maximum absolute atomic E-state index is 13.4. The molecule has 3 N–H and O–H groups in total. The molecule has 1 aliphatic heterocycles. The molecule has 0 aliphatic carbocycles. The Morgan fingerprint density at radius 3 is 2.31 bits per heavy atom. The fraction of sp³-hybridized carbons (Fsp3) is 0.385. The molecule has 1 heterocycles. The largest absolute Gasteiger partial charge is 0.497 e. The van der Waals surface area contributed by atoms with Gasteiger partial charge in [0.1, 0.15) is 5.75 Å². The molecule has 3 amide bonds. The van der Waals surface area contributed by atoms with Crippen molar-refractivity contribution < 1.29 is 42.2 Å². The van der Waals surface area contributed by atoms with Crippen LogP contribution >= 0.6 is 0 Å². The van der Waals surface area contributed by atoms with E-state index in [0.717, 1.165) is 18.7 Å². The van der Waals surface area contributed by atoms with Crippen molar-refractivity contribution in [2.24, 2.45) is 0 Å². The lowest BCUT2D eigenvalue weighted by Crippen LogP contribution is -2.47. The highest BCUT2D eigenvalue weighted by Crippen LogP contribution is 2.18. The van der Waals surface area contributed by atoms with Crippen LogP contribution < -0.4 is 15.4 Å². The molecular formula is C26H31F3N4O6. The van der Waals surface area contributed by atoms with Crippen molar-refractivity contribution in [1.29, 1.82) is 0 Å². The van der Waals surface area contributed by atoms with Gasteiger partial charge in [-0.2, -0.15) is 13.2 Å². The normalized spacial score (nSPS) is 13.0. The molecule has 0 spiro atoms. The number of carboxylic acids is 1. The van der Waals surface area contributed by atoms with Gasteiger partial charge in [-0.15, -0.1) is 0 Å². The van der Waals surface area contributed by atoms with Crippen LogP contribution in [0.2, 0.25) is 0 Å². The number of carbonyl (C=O) groups excluding carboxylic acids is 3. The minimum atomic E-state index is -5.08. The molecule has 0 atom stereocenters. The second-order valence-corrected chi connectivity index (χ2v) is 8.52. The highest BCUT2D eigenvalue weighted by molar-refractivity contribution is 5.97. The van der Waals surface area contributed by atoms with E-state index in [-0.39, 0.29) is 24.1 Å². The standard InChI is InChI=1S/C24H30N4O4.C2HF3O2/c1-18(29)26-21-7-4-6-20(16-21)24(31)28(17-19-5-3-8-22(15-19)32-2)12-9-23(30)27-13-10-25-11-14-27;3-2(4,5)1(6)7/h3-8,15-16,25H,9-14,17H2,1-2H3,(H,26,29);(H,6,7). The van der Waals surface area contributed by atoms with Gasteiger partial charge in [0.2, 0.25) is 11.8 Å². The van der Waals surface area contributed by atoms with Gasteiger partial charge in [0, 0.05) is 63.9 Å². The van der Waals surface area contributed by atoms with E-state index in [1.165, 1.54) is 6.92 Å². The molecule has 0 aromatic heterocycles. The van der Waals surface area contributed by atoms with Crippen LogP contribution in [0.4, 0.5) is 18.9 Å². The molecule has 13 heteroatoms. The molecule has 2 aromatic rings. The Balaban J connectivity index is 0.000000673. The van der Waals surface area contributed by atoms with Crippen molar-refractivity contribution in [3.05, 3.63) is 59.7 Å². The SMILES string of the molecule is COc1cccc(CN(CCC(=O)N2CCNCC2)C(=O)c2cccc(NC(C)=O)c2)c1.O=C(O)C(F)(F)F. The van der Waals surface area contributed by atoms with Gasteiger partial charge in [0.15, 0.2) is 0 Å². The number of amides is 3. The minimum Gasteiger partial charge on any atom is -0.497 e. The summed E-state index contributed by atoms with van der Waals surface area (Å²) in [5.41, 5.74) is 1.92. The summed E-state index contributed by atoms with van der Waals surface area (Å²) < 4.78 is 37.0. The number of piperazine rings is 1. The molecule has 1 fully saturated rings.